The average molecular weight is 417 g/mol. The molecule has 0 saturated heterocycles. The number of hydrogen-bond acceptors (Lipinski definition) is 4. The Morgan fingerprint density at radius 2 is 2.16 bits per heavy atom. The minimum atomic E-state index is -0.368. The Balaban J connectivity index is 1.98. The molecule has 1 aromatic carbocycles. The standard InChI is InChI=1S/C19H17BrN2O2S/c1-2-24-19(23)17(11-16-10-15(20)13-25-16)18-21-8-9-22(18)12-14-6-4-3-5-7-14/h3-11,13H,2,12H2,1H3/b17-11+. The van der Waals surface area contributed by atoms with Crippen LogP contribution in [0.5, 0.6) is 0 Å². The van der Waals surface area contributed by atoms with Crippen molar-refractivity contribution in [2.75, 3.05) is 6.61 Å². The van der Waals surface area contributed by atoms with Crippen LogP contribution in [0.25, 0.3) is 11.6 Å². The number of halogens is 1. The minimum absolute atomic E-state index is 0.323. The normalized spacial score (nSPS) is 11.5. The molecule has 0 amide bonds. The molecule has 0 aliphatic carbocycles. The molecule has 0 aliphatic rings. The first kappa shape index (κ1) is 17.6. The van der Waals surface area contributed by atoms with Crippen LogP contribution in [-0.4, -0.2) is 22.1 Å². The lowest BCUT2D eigenvalue weighted by molar-refractivity contribution is -0.136. The van der Waals surface area contributed by atoms with Gasteiger partial charge in [0.15, 0.2) is 0 Å². The van der Waals surface area contributed by atoms with Gasteiger partial charge in [0.05, 0.1) is 6.61 Å². The fraction of sp³-hybridized carbons (Fsp3) is 0.158. The molecular weight excluding hydrogens is 400 g/mol. The zero-order valence-electron chi connectivity index (χ0n) is 13.7. The summed E-state index contributed by atoms with van der Waals surface area (Å²) in [6.07, 6.45) is 5.41. The smallest absolute Gasteiger partial charge is 0.341 e. The molecule has 0 bridgehead atoms. The molecule has 2 aromatic heterocycles. The molecule has 0 atom stereocenters. The Bertz CT molecular complexity index is 884. The predicted octanol–water partition coefficient (Wildman–Crippen LogP) is 4.86. The van der Waals surface area contributed by atoms with Gasteiger partial charge in [-0.15, -0.1) is 11.3 Å². The van der Waals surface area contributed by atoms with E-state index >= 15 is 0 Å². The van der Waals surface area contributed by atoms with Crippen molar-refractivity contribution in [3.05, 3.63) is 74.9 Å². The molecule has 2 heterocycles. The number of esters is 1. The van der Waals surface area contributed by atoms with Crippen LogP contribution in [0.4, 0.5) is 0 Å². The summed E-state index contributed by atoms with van der Waals surface area (Å²) in [5, 5.41) is 1.98. The van der Waals surface area contributed by atoms with Crippen molar-refractivity contribution in [1.29, 1.82) is 0 Å². The van der Waals surface area contributed by atoms with Crippen molar-refractivity contribution >= 4 is 44.9 Å². The van der Waals surface area contributed by atoms with Crippen molar-refractivity contribution in [2.45, 2.75) is 13.5 Å². The van der Waals surface area contributed by atoms with Crippen LogP contribution in [0.2, 0.25) is 0 Å². The summed E-state index contributed by atoms with van der Waals surface area (Å²) in [4.78, 5) is 17.9. The van der Waals surface area contributed by atoms with E-state index in [0.717, 1.165) is 14.9 Å². The molecule has 128 valence electrons. The second-order valence-corrected chi connectivity index (χ2v) is 7.17. The average Bonchev–Trinajstić information content (AvgIpc) is 3.23. The molecule has 6 heteroatoms. The lowest BCUT2D eigenvalue weighted by atomic mass is 10.2. The Kier molecular flexibility index (Phi) is 5.83. The van der Waals surface area contributed by atoms with Gasteiger partial charge < -0.3 is 9.30 Å². The molecule has 3 aromatic rings. The molecule has 0 unspecified atom stereocenters. The summed E-state index contributed by atoms with van der Waals surface area (Å²) < 4.78 is 8.19. The third kappa shape index (κ3) is 4.46. The van der Waals surface area contributed by atoms with Gasteiger partial charge in [-0.2, -0.15) is 0 Å². The van der Waals surface area contributed by atoms with Crippen LogP contribution < -0.4 is 0 Å². The summed E-state index contributed by atoms with van der Waals surface area (Å²) in [7, 11) is 0. The number of rotatable bonds is 6. The van der Waals surface area contributed by atoms with Gasteiger partial charge in [0.1, 0.15) is 11.4 Å². The summed E-state index contributed by atoms with van der Waals surface area (Å²) in [6, 6.07) is 12.0. The van der Waals surface area contributed by atoms with Gasteiger partial charge in [-0.3, -0.25) is 0 Å². The molecule has 3 rings (SSSR count). The first-order chi connectivity index (χ1) is 12.2. The molecule has 0 N–H and O–H groups in total. The van der Waals surface area contributed by atoms with E-state index in [9.17, 15) is 4.79 Å². The number of nitrogens with zero attached hydrogens (tertiary/aromatic N) is 2. The number of carbonyl (C=O) groups excluding carboxylic acids is 1. The third-order valence-corrected chi connectivity index (χ3v) is 5.16. The maximum absolute atomic E-state index is 12.5. The highest BCUT2D eigenvalue weighted by molar-refractivity contribution is 9.10. The largest absolute Gasteiger partial charge is 0.462 e. The Morgan fingerprint density at radius 1 is 1.36 bits per heavy atom. The molecule has 0 radical (unpaired) electrons. The number of aromatic nitrogens is 2. The van der Waals surface area contributed by atoms with Gasteiger partial charge in [-0.1, -0.05) is 30.3 Å². The second kappa shape index (κ2) is 8.27. The van der Waals surface area contributed by atoms with Crippen molar-refractivity contribution in [3.8, 4) is 0 Å². The van der Waals surface area contributed by atoms with Crippen LogP contribution >= 0.6 is 27.3 Å². The maximum atomic E-state index is 12.5. The molecule has 0 saturated carbocycles. The van der Waals surface area contributed by atoms with Gasteiger partial charge >= 0.3 is 5.97 Å². The molecule has 0 fully saturated rings. The Morgan fingerprint density at radius 3 is 2.84 bits per heavy atom. The SMILES string of the molecule is CCOC(=O)/C(=C/c1cc(Br)cs1)c1nccn1Cc1ccccc1. The highest BCUT2D eigenvalue weighted by Gasteiger charge is 2.19. The fourth-order valence-electron chi connectivity index (χ4n) is 2.43. The molecule has 4 nitrogen and oxygen atoms in total. The zero-order chi connectivity index (χ0) is 17.6. The first-order valence-electron chi connectivity index (χ1n) is 7.85. The van der Waals surface area contributed by atoms with Gasteiger partial charge in [0, 0.05) is 33.7 Å². The van der Waals surface area contributed by atoms with Crippen LogP contribution in [0.3, 0.4) is 0 Å². The van der Waals surface area contributed by atoms with Crippen molar-refractivity contribution in [1.82, 2.24) is 9.55 Å². The number of ether oxygens (including phenoxy) is 1. The second-order valence-electron chi connectivity index (χ2n) is 5.31. The number of benzene rings is 1. The summed E-state index contributed by atoms with van der Waals surface area (Å²) >= 11 is 4.99. The van der Waals surface area contributed by atoms with Crippen LogP contribution in [0, 0.1) is 0 Å². The van der Waals surface area contributed by atoms with E-state index < -0.39 is 0 Å². The van der Waals surface area contributed by atoms with Gasteiger partial charge in [-0.25, -0.2) is 9.78 Å². The third-order valence-electron chi connectivity index (χ3n) is 3.52. The fourth-order valence-corrected chi connectivity index (χ4v) is 3.81. The van der Waals surface area contributed by atoms with Gasteiger partial charge in [0.25, 0.3) is 0 Å². The van der Waals surface area contributed by atoms with E-state index in [-0.39, 0.29) is 5.97 Å². The number of hydrogen-bond donors (Lipinski definition) is 0. The van der Waals surface area contributed by atoms with Crippen LogP contribution in [0.1, 0.15) is 23.2 Å². The highest BCUT2D eigenvalue weighted by atomic mass is 79.9. The summed E-state index contributed by atoms with van der Waals surface area (Å²) in [6.45, 7) is 2.76. The maximum Gasteiger partial charge on any atom is 0.341 e. The van der Waals surface area contributed by atoms with E-state index in [0.29, 0.717) is 24.5 Å². The van der Waals surface area contributed by atoms with Crippen molar-refractivity contribution in [2.24, 2.45) is 0 Å². The summed E-state index contributed by atoms with van der Waals surface area (Å²) in [5.74, 6) is 0.236. The topological polar surface area (TPSA) is 44.1 Å². The lowest BCUT2D eigenvalue weighted by Gasteiger charge is -2.10. The monoisotopic (exact) mass is 416 g/mol. The van der Waals surface area contributed by atoms with E-state index in [1.807, 2.05) is 58.6 Å². The van der Waals surface area contributed by atoms with Crippen molar-refractivity contribution in [3.63, 3.8) is 0 Å². The highest BCUT2D eigenvalue weighted by Crippen LogP contribution is 2.26. The van der Waals surface area contributed by atoms with E-state index in [2.05, 4.69) is 20.9 Å². The Labute approximate surface area is 158 Å². The number of thiophene rings is 1. The predicted molar refractivity (Wildman–Crippen MR) is 104 cm³/mol. The van der Waals surface area contributed by atoms with E-state index in [1.165, 1.54) is 0 Å². The van der Waals surface area contributed by atoms with Crippen molar-refractivity contribution < 1.29 is 9.53 Å². The molecule has 0 spiro atoms. The van der Waals surface area contributed by atoms with Crippen LogP contribution in [0.15, 0.2) is 58.6 Å². The molecular formula is C19H17BrN2O2S. The molecule has 25 heavy (non-hydrogen) atoms. The van der Waals surface area contributed by atoms with E-state index in [1.54, 1.807) is 24.5 Å². The first-order valence-corrected chi connectivity index (χ1v) is 9.53. The van der Waals surface area contributed by atoms with Gasteiger partial charge in [-0.05, 0) is 40.6 Å². The molecule has 0 aliphatic heterocycles. The minimum Gasteiger partial charge on any atom is -0.462 e. The van der Waals surface area contributed by atoms with E-state index in [4.69, 9.17) is 4.74 Å². The number of carbonyl (C=O) groups is 1. The zero-order valence-corrected chi connectivity index (χ0v) is 16.1. The number of imidazole rings is 1. The van der Waals surface area contributed by atoms with Crippen LogP contribution in [-0.2, 0) is 16.1 Å². The lowest BCUT2D eigenvalue weighted by Crippen LogP contribution is -2.12. The summed E-state index contributed by atoms with van der Waals surface area (Å²) in [5.41, 5.74) is 1.60. The van der Waals surface area contributed by atoms with Gasteiger partial charge in [0.2, 0.25) is 0 Å². The quantitative estimate of drug-likeness (QED) is 0.425. The Hall–Kier alpha value is -2.18.